The third-order valence-corrected chi connectivity index (χ3v) is 9.11. The minimum Gasteiger partial charge on any atom is -0.496 e. The number of nitrogens with zero attached hydrogens (tertiary/aromatic N) is 2. The lowest BCUT2D eigenvalue weighted by Crippen LogP contribution is -2.31. The Balaban J connectivity index is 1.62. The van der Waals surface area contributed by atoms with Crippen molar-refractivity contribution in [1.82, 2.24) is 9.88 Å². The van der Waals surface area contributed by atoms with E-state index in [2.05, 4.69) is 4.98 Å². The van der Waals surface area contributed by atoms with E-state index in [9.17, 15) is 31.1 Å². The summed E-state index contributed by atoms with van der Waals surface area (Å²) in [7, 11) is 1.50. The standard InChI is InChI=1S/C30H28F6N2O2S/c1-15(2)20-14-22(25(40-4)11-16(20)3)19-6-5-18(29(31,32)33)13-21(19)23-7-8-24-27(41-28(39)38(23)24)17-9-10-37-26(12-17)30(34,35)36/h5-6,9-15,23-24,27H,7-8H2,1-4H3/t23-,24-,27+/m0/s1. The van der Waals surface area contributed by atoms with Crippen LogP contribution >= 0.6 is 11.8 Å². The smallest absolute Gasteiger partial charge is 0.433 e. The molecule has 0 bridgehead atoms. The van der Waals surface area contributed by atoms with Crippen LogP contribution in [0.5, 0.6) is 5.75 Å². The largest absolute Gasteiger partial charge is 0.496 e. The number of halogens is 6. The maximum atomic E-state index is 13.9. The Morgan fingerprint density at radius 3 is 2.34 bits per heavy atom. The number of aromatic nitrogens is 1. The fourth-order valence-electron chi connectivity index (χ4n) is 5.98. The zero-order valence-electron chi connectivity index (χ0n) is 22.7. The fraction of sp³-hybridized carbons (Fsp3) is 0.400. The first-order valence-electron chi connectivity index (χ1n) is 13.1. The lowest BCUT2D eigenvalue weighted by molar-refractivity contribution is -0.141. The van der Waals surface area contributed by atoms with Crippen molar-refractivity contribution < 1.29 is 35.9 Å². The number of ether oxygens (including phenoxy) is 1. The van der Waals surface area contributed by atoms with Gasteiger partial charge in [0.05, 0.1) is 24.0 Å². The molecule has 2 saturated heterocycles. The molecule has 5 rings (SSSR count). The molecule has 2 aromatic carbocycles. The number of alkyl halides is 6. The van der Waals surface area contributed by atoms with Crippen LogP contribution in [0.2, 0.25) is 0 Å². The van der Waals surface area contributed by atoms with Crippen molar-refractivity contribution in [1.29, 1.82) is 0 Å². The average molecular weight is 595 g/mol. The van der Waals surface area contributed by atoms with Gasteiger partial charge in [0.2, 0.25) is 0 Å². The Kier molecular flexibility index (Phi) is 7.55. The number of amides is 1. The van der Waals surface area contributed by atoms with Gasteiger partial charge in [-0.05, 0) is 89.9 Å². The second-order valence-corrected chi connectivity index (χ2v) is 11.8. The van der Waals surface area contributed by atoms with Gasteiger partial charge in [-0.25, -0.2) is 0 Å². The number of aryl methyl sites for hydroxylation is 1. The van der Waals surface area contributed by atoms with Crippen molar-refractivity contribution in [3.05, 3.63) is 82.2 Å². The number of hydrogen-bond acceptors (Lipinski definition) is 4. The third-order valence-electron chi connectivity index (χ3n) is 7.86. The summed E-state index contributed by atoms with van der Waals surface area (Å²) in [5.74, 6) is 0.645. The summed E-state index contributed by atoms with van der Waals surface area (Å²) < 4.78 is 87.4. The molecule has 11 heteroatoms. The van der Waals surface area contributed by atoms with Gasteiger partial charge in [0.1, 0.15) is 11.4 Å². The van der Waals surface area contributed by atoms with Crippen LogP contribution in [0.1, 0.15) is 77.4 Å². The summed E-state index contributed by atoms with van der Waals surface area (Å²) in [6.07, 6.45) is -7.39. The molecule has 0 spiro atoms. The molecule has 2 fully saturated rings. The highest BCUT2D eigenvalue weighted by molar-refractivity contribution is 8.14. The molecule has 0 radical (unpaired) electrons. The Morgan fingerprint density at radius 2 is 1.71 bits per heavy atom. The van der Waals surface area contributed by atoms with Crippen molar-refractivity contribution >= 4 is 17.0 Å². The number of rotatable bonds is 5. The number of methoxy groups -OCH3 is 1. The third kappa shape index (κ3) is 5.40. The molecule has 0 N–H and O–H groups in total. The zero-order chi connectivity index (χ0) is 29.9. The van der Waals surface area contributed by atoms with Crippen molar-refractivity contribution in [2.24, 2.45) is 0 Å². The van der Waals surface area contributed by atoms with Crippen molar-refractivity contribution in [3.8, 4) is 16.9 Å². The first-order valence-corrected chi connectivity index (χ1v) is 14.0. The SMILES string of the molecule is COc1cc(C)c(C(C)C)cc1-c1ccc(C(F)(F)F)cc1[C@@H]1CC[C@H]2[C@@H](c3ccnc(C(F)(F)F)c3)SC(=O)N12. The summed E-state index contributed by atoms with van der Waals surface area (Å²) in [4.78, 5) is 18.3. The summed E-state index contributed by atoms with van der Waals surface area (Å²) in [6.45, 7) is 6.00. The van der Waals surface area contributed by atoms with Gasteiger partial charge in [0.15, 0.2) is 0 Å². The molecule has 218 valence electrons. The second kappa shape index (κ2) is 10.6. The summed E-state index contributed by atoms with van der Waals surface area (Å²) in [5, 5.41) is -0.984. The molecule has 0 saturated carbocycles. The second-order valence-electron chi connectivity index (χ2n) is 10.7. The highest BCUT2D eigenvalue weighted by Crippen LogP contribution is 2.55. The number of pyridine rings is 1. The Labute approximate surface area is 238 Å². The van der Waals surface area contributed by atoms with Crippen LogP contribution in [-0.2, 0) is 12.4 Å². The highest BCUT2D eigenvalue weighted by Gasteiger charge is 2.50. The number of benzene rings is 2. The fourth-order valence-corrected chi connectivity index (χ4v) is 7.29. The first-order chi connectivity index (χ1) is 19.2. The Bertz CT molecular complexity index is 1490. The van der Waals surface area contributed by atoms with Crippen LogP contribution < -0.4 is 4.74 Å². The normalized spacial score (nSPS) is 21.1. The number of fused-ring (bicyclic) bond motifs is 1. The van der Waals surface area contributed by atoms with Crippen molar-refractivity contribution in [2.45, 2.75) is 69.2 Å². The van der Waals surface area contributed by atoms with E-state index in [1.807, 2.05) is 32.9 Å². The van der Waals surface area contributed by atoms with E-state index in [4.69, 9.17) is 4.74 Å². The zero-order valence-corrected chi connectivity index (χ0v) is 23.5. The van der Waals surface area contributed by atoms with E-state index >= 15 is 0 Å². The van der Waals surface area contributed by atoms with Crippen molar-refractivity contribution in [2.75, 3.05) is 7.11 Å². The highest BCUT2D eigenvalue weighted by atomic mass is 32.2. The molecule has 1 aromatic heterocycles. The topological polar surface area (TPSA) is 42.4 Å². The van der Waals surface area contributed by atoms with Gasteiger partial charge >= 0.3 is 12.4 Å². The molecular formula is C30H28F6N2O2S. The number of carbonyl (C=O) groups excluding carboxylic acids is 1. The van der Waals surface area contributed by atoms with Gasteiger partial charge in [-0.15, -0.1) is 0 Å². The molecule has 0 unspecified atom stereocenters. The number of thioether (sulfide) groups is 1. The lowest BCUT2D eigenvalue weighted by Gasteiger charge is -2.28. The molecular weight excluding hydrogens is 566 g/mol. The summed E-state index contributed by atoms with van der Waals surface area (Å²) in [5.41, 5.74) is 1.89. The molecule has 0 aliphatic carbocycles. The Morgan fingerprint density at radius 1 is 0.976 bits per heavy atom. The lowest BCUT2D eigenvalue weighted by atomic mass is 9.87. The van der Waals surface area contributed by atoms with Crippen molar-refractivity contribution in [3.63, 3.8) is 0 Å². The van der Waals surface area contributed by atoms with Crippen LogP contribution in [0.25, 0.3) is 11.1 Å². The van der Waals surface area contributed by atoms with Crippen LogP contribution in [0, 0.1) is 6.92 Å². The van der Waals surface area contributed by atoms with Gasteiger partial charge in [-0.1, -0.05) is 31.7 Å². The monoisotopic (exact) mass is 594 g/mol. The van der Waals surface area contributed by atoms with Crippen LogP contribution in [0.4, 0.5) is 31.1 Å². The molecule has 2 aliphatic heterocycles. The predicted octanol–water partition coefficient (Wildman–Crippen LogP) is 9.34. The molecule has 41 heavy (non-hydrogen) atoms. The number of carbonyl (C=O) groups is 1. The van der Waals surface area contributed by atoms with E-state index in [1.165, 1.54) is 19.2 Å². The van der Waals surface area contributed by atoms with Gasteiger partial charge < -0.3 is 9.64 Å². The predicted molar refractivity (Wildman–Crippen MR) is 145 cm³/mol. The molecule has 3 atom stereocenters. The van der Waals surface area contributed by atoms with E-state index < -0.39 is 40.9 Å². The minimum absolute atomic E-state index is 0.146. The molecule has 3 aromatic rings. The summed E-state index contributed by atoms with van der Waals surface area (Å²) >= 11 is 0.901. The van der Waals surface area contributed by atoms with Crippen LogP contribution in [0.3, 0.4) is 0 Å². The van der Waals surface area contributed by atoms with Gasteiger partial charge in [-0.3, -0.25) is 9.78 Å². The Hall–Kier alpha value is -3.21. The van der Waals surface area contributed by atoms with E-state index in [1.54, 1.807) is 4.90 Å². The quantitative estimate of drug-likeness (QED) is 0.276. The maximum Gasteiger partial charge on any atom is 0.433 e. The molecule has 2 aliphatic rings. The van der Waals surface area contributed by atoms with Crippen LogP contribution in [0.15, 0.2) is 48.7 Å². The maximum absolute atomic E-state index is 13.9. The van der Waals surface area contributed by atoms with Gasteiger partial charge in [0, 0.05) is 17.8 Å². The van der Waals surface area contributed by atoms with E-state index in [0.29, 0.717) is 40.8 Å². The summed E-state index contributed by atoms with van der Waals surface area (Å²) in [6, 6.07) is 8.56. The van der Waals surface area contributed by atoms with Gasteiger partial charge in [0.25, 0.3) is 5.24 Å². The minimum atomic E-state index is -4.64. The molecule has 3 heterocycles. The number of hydrogen-bond donors (Lipinski definition) is 0. The van der Waals surface area contributed by atoms with Crippen LogP contribution in [-0.4, -0.2) is 28.3 Å². The van der Waals surface area contributed by atoms with E-state index in [-0.39, 0.29) is 11.2 Å². The molecule has 4 nitrogen and oxygen atoms in total. The van der Waals surface area contributed by atoms with Gasteiger partial charge in [-0.2, -0.15) is 26.3 Å². The first kappa shape index (κ1) is 29.3. The molecule has 1 amide bonds. The van der Waals surface area contributed by atoms with E-state index in [0.717, 1.165) is 47.3 Å². The average Bonchev–Trinajstić information content (AvgIpc) is 3.48.